The second kappa shape index (κ2) is 6.29. The number of hydrogen-bond donors (Lipinski definition) is 3. The van der Waals surface area contributed by atoms with Crippen LogP contribution in [0.25, 0.3) is 0 Å². The summed E-state index contributed by atoms with van der Waals surface area (Å²) in [5.74, 6) is 0.109. The number of hydrogen-bond acceptors (Lipinski definition) is 3. The van der Waals surface area contributed by atoms with Crippen molar-refractivity contribution in [3.63, 3.8) is 0 Å². The molecule has 5 heteroatoms. The number of hydrazine groups is 1. The molecule has 2 rings (SSSR count). The van der Waals surface area contributed by atoms with E-state index in [9.17, 15) is 9.59 Å². The van der Waals surface area contributed by atoms with Gasteiger partial charge in [0.05, 0.1) is 0 Å². The van der Waals surface area contributed by atoms with Gasteiger partial charge in [0.15, 0.2) is 5.78 Å². The van der Waals surface area contributed by atoms with E-state index in [1.165, 1.54) is 19.3 Å². The zero-order chi connectivity index (χ0) is 14.6. The first kappa shape index (κ1) is 14.9. The molecule has 0 spiro atoms. The van der Waals surface area contributed by atoms with Crippen LogP contribution in [-0.2, 0) is 4.79 Å². The van der Waals surface area contributed by atoms with Crippen LogP contribution in [0, 0.1) is 5.41 Å². The van der Waals surface area contributed by atoms with Crippen LogP contribution >= 0.6 is 0 Å². The average molecular weight is 279 g/mol. The molecule has 0 aromatic carbocycles. The van der Waals surface area contributed by atoms with Gasteiger partial charge in [-0.15, -0.1) is 0 Å². The molecule has 0 saturated heterocycles. The Balaban J connectivity index is 1.76. The second-order valence-corrected chi connectivity index (χ2v) is 6.71. The molecule has 5 nitrogen and oxygen atoms in total. The van der Waals surface area contributed by atoms with Crippen molar-refractivity contribution in [1.82, 2.24) is 16.2 Å². The molecule has 0 unspecified atom stereocenters. The Morgan fingerprint density at radius 2 is 1.90 bits per heavy atom. The molecular formula is C15H25N3O2. The van der Waals surface area contributed by atoms with Crippen molar-refractivity contribution in [2.75, 3.05) is 0 Å². The number of urea groups is 1. The Kier molecular flexibility index (Phi) is 4.68. The third-order valence-electron chi connectivity index (χ3n) is 3.93. The highest BCUT2D eigenvalue weighted by molar-refractivity contribution is 5.91. The fraction of sp³-hybridized carbons (Fsp3) is 0.733. The molecule has 0 heterocycles. The summed E-state index contributed by atoms with van der Waals surface area (Å²) in [5, 5.41) is 2.97. The predicted octanol–water partition coefficient (Wildman–Crippen LogP) is 2.40. The molecule has 0 aromatic heterocycles. The van der Waals surface area contributed by atoms with E-state index < -0.39 is 0 Å². The van der Waals surface area contributed by atoms with Gasteiger partial charge in [0.1, 0.15) is 0 Å². The van der Waals surface area contributed by atoms with Crippen LogP contribution in [-0.4, -0.2) is 17.9 Å². The first-order chi connectivity index (χ1) is 9.44. The molecule has 20 heavy (non-hydrogen) atoms. The van der Waals surface area contributed by atoms with E-state index >= 15 is 0 Å². The Hall–Kier alpha value is -1.52. The Labute approximate surface area is 120 Å². The van der Waals surface area contributed by atoms with Gasteiger partial charge in [0, 0.05) is 24.2 Å². The van der Waals surface area contributed by atoms with Crippen molar-refractivity contribution in [2.45, 2.75) is 64.8 Å². The van der Waals surface area contributed by atoms with E-state index in [1.54, 1.807) is 6.08 Å². The van der Waals surface area contributed by atoms with Crippen LogP contribution in [0.15, 0.2) is 11.8 Å². The fourth-order valence-corrected chi connectivity index (χ4v) is 3.03. The summed E-state index contributed by atoms with van der Waals surface area (Å²) in [6, 6.07) is 0.0672. The van der Waals surface area contributed by atoms with Crippen LogP contribution in [0.1, 0.15) is 58.8 Å². The maximum absolute atomic E-state index is 11.8. The molecular weight excluding hydrogens is 254 g/mol. The smallest absolute Gasteiger partial charge is 0.333 e. The molecule has 2 amide bonds. The maximum Gasteiger partial charge on any atom is 0.333 e. The lowest BCUT2D eigenvalue weighted by molar-refractivity contribution is -0.117. The normalized spacial score (nSPS) is 22.9. The Bertz CT molecular complexity index is 409. The van der Waals surface area contributed by atoms with Gasteiger partial charge >= 0.3 is 6.03 Å². The van der Waals surface area contributed by atoms with Crippen LogP contribution in [0.2, 0.25) is 0 Å². The van der Waals surface area contributed by atoms with Gasteiger partial charge in [-0.25, -0.2) is 4.79 Å². The van der Waals surface area contributed by atoms with Crippen molar-refractivity contribution < 1.29 is 9.59 Å². The number of nitrogens with one attached hydrogen (secondary N) is 3. The lowest BCUT2D eigenvalue weighted by atomic mass is 9.79. The van der Waals surface area contributed by atoms with E-state index in [0.717, 1.165) is 25.0 Å². The lowest BCUT2D eigenvalue weighted by Crippen LogP contribution is -2.48. The van der Waals surface area contributed by atoms with Gasteiger partial charge < -0.3 is 10.7 Å². The zero-order valence-electron chi connectivity index (χ0n) is 12.4. The van der Waals surface area contributed by atoms with Gasteiger partial charge in [-0.2, -0.15) is 0 Å². The monoisotopic (exact) mass is 279 g/mol. The second-order valence-electron chi connectivity index (χ2n) is 6.71. The van der Waals surface area contributed by atoms with Crippen LogP contribution in [0.4, 0.5) is 4.79 Å². The van der Waals surface area contributed by atoms with E-state index in [-0.39, 0.29) is 23.3 Å². The van der Waals surface area contributed by atoms with E-state index in [0.29, 0.717) is 6.42 Å². The number of rotatable bonds is 3. The van der Waals surface area contributed by atoms with Crippen molar-refractivity contribution in [2.24, 2.45) is 5.41 Å². The first-order valence-corrected chi connectivity index (χ1v) is 7.50. The SMILES string of the molecule is CC1(C)CC(=O)C=C(NNC(=O)NC2CCCCC2)C1. The fourth-order valence-electron chi connectivity index (χ4n) is 3.03. The highest BCUT2D eigenvalue weighted by atomic mass is 16.2. The molecule has 0 bridgehead atoms. The summed E-state index contributed by atoms with van der Waals surface area (Å²) in [6.45, 7) is 4.11. The minimum absolute atomic E-state index is 0.0459. The number of amides is 2. The van der Waals surface area contributed by atoms with Crippen LogP contribution < -0.4 is 16.2 Å². The van der Waals surface area contributed by atoms with Gasteiger partial charge in [0.2, 0.25) is 0 Å². The molecule has 1 fully saturated rings. The molecule has 0 aromatic rings. The van der Waals surface area contributed by atoms with Crippen molar-refractivity contribution in [1.29, 1.82) is 0 Å². The molecule has 0 radical (unpaired) electrons. The predicted molar refractivity (Wildman–Crippen MR) is 77.8 cm³/mol. The molecule has 0 atom stereocenters. The van der Waals surface area contributed by atoms with Crippen molar-refractivity contribution >= 4 is 11.8 Å². The molecule has 2 aliphatic carbocycles. The van der Waals surface area contributed by atoms with E-state index in [1.807, 2.05) is 0 Å². The Morgan fingerprint density at radius 3 is 2.55 bits per heavy atom. The summed E-state index contributed by atoms with van der Waals surface area (Å²) in [5.41, 5.74) is 6.25. The summed E-state index contributed by atoms with van der Waals surface area (Å²) in [4.78, 5) is 23.4. The minimum Gasteiger partial charge on any atom is -0.334 e. The maximum atomic E-state index is 11.8. The minimum atomic E-state index is -0.214. The van der Waals surface area contributed by atoms with Crippen LogP contribution in [0.5, 0.6) is 0 Å². The molecule has 1 saturated carbocycles. The largest absolute Gasteiger partial charge is 0.334 e. The molecule has 112 valence electrons. The summed E-state index contributed by atoms with van der Waals surface area (Å²) in [7, 11) is 0. The van der Waals surface area contributed by atoms with Crippen molar-refractivity contribution in [3.05, 3.63) is 11.8 Å². The van der Waals surface area contributed by atoms with E-state index in [4.69, 9.17) is 0 Å². The van der Waals surface area contributed by atoms with Gasteiger partial charge in [-0.1, -0.05) is 33.1 Å². The highest BCUT2D eigenvalue weighted by Crippen LogP contribution is 2.32. The topological polar surface area (TPSA) is 70.2 Å². The van der Waals surface area contributed by atoms with Gasteiger partial charge in [0.25, 0.3) is 0 Å². The summed E-state index contributed by atoms with van der Waals surface area (Å²) < 4.78 is 0. The number of carbonyl (C=O) groups excluding carboxylic acids is 2. The summed E-state index contributed by atoms with van der Waals surface area (Å²) in [6.07, 6.45) is 8.67. The lowest BCUT2D eigenvalue weighted by Gasteiger charge is -2.29. The molecule has 2 aliphatic rings. The average Bonchev–Trinajstić information content (AvgIpc) is 2.35. The van der Waals surface area contributed by atoms with E-state index in [2.05, 4.69) is 30.0 Å². The quantitative estimate of drug-likeness (QED) is 0.695. The van der Waals surface area contributed by atoms with Gasteiger partial charge in [-0.05, 0) is 24.7 Å². The number of ketones is 1. The summed E-state index contributed by atoms with van der Waals surface area (Å²) >= 11 is 0. The Morgan fingerprint density at radius 1 is 1.20 bits per heavy atom. The zero-order valence-corrected chi connectivity index (χ0v) is 12.4. The third kappa shape index (κ3) is 4.54. The third-order valence-corrected chi connectivity index (χ3v) is 3.93. The number of allylic oxidation sites excluding steroid dienone is 2. The first-order valence-electron chi connectivity index (χ1n) is 7.50. The van der Waals surface area contributed by atoms with Gasteiger partial charge in [-0.3, -0.25) is 10.2 Å². The number of carbonyl (C=O) groups is 2. The van der Waals surface area contributed by atoms with Crippen LogP contribution in [0.3, 0.4) is 0 Å². The standard InChI is InChI=1S/C15H25N3O2/c1-15(2)9-12(8-13(19)10-15)17-18-14(20)16-11-6-4-3-5-7-11/h8,11,17H,3-7,9-10H2,1-2H3,(H2,16,18,20). The molecule has 3 N–H and O–H groups in total. The molecule has 0 aliphatic heterocycles. The highest BCUT2D eigenvalue weighted by Gasteiger charge is 2.27. The van der Waals surface area contributed by atoms with Crippen molar-refractivity contribution in [3.8, 4) is 0 Å².